The van der Waals surface area contributed by atoms with Crippen molar-refractivity contribution in [2.75, 3.05) is 11.5 Å². The van der Waals surface area contributed by atoms with E-state index in [1.54, 1.807) is 0 Å². The number of aliphatic hydroxyl groups is 1. The Balaban J connectivity index is 2.39. The number of hydrogen-bond acceptors (Lipinski definition) is 3. The molecule has 98 valence electrons. The highest BCUT2D eigenvalue weighted by atomic mass is 19.1. The molecule has 1 aliphatic rings. The van der Waals surface area contributed by atoms with Crippen LogP contribution in [0, 0.1) is 17.7 Å². The van der Waals surface area contributed by atoms with Crippen molar-refractivity contribution >= 4 is 17.5 Å². The molecule has 1 N–H and O–H groups in total. The van der Waals surface area contributed by atoms with Gasteiger partial charge in [-0.1, -0.05) is 11.8 Å². The van der Waals surface area contributed by atoms with Gasteiger partial charge in [-0.25, -0.2) is 4.39 Å². The summed E-state index contributed by atoms with van der Waals surface area (Å²) in [5, 5.41) is 8.61. The number of anilines is 1. The highest BCUT2D eigenvalue weighted by Crippen LogP contribution is 2.23. The van der Waals surface area contributed by atoms with Crippen LogP contribution in [0.4, 0.5) is 10.1 Å². The van der Waals surface area contributed by atoms with Crippen LogP contribution < -0.4 is 4.90 Å². The first kappa shape index (κ1) is 13.2. The molecule has 19 heavy (non-hydrogen) atoms. The van der Waals surface area contributed by atoms with Gasteiger partial charge in [0.25, 0.3) is 0 Å². The number of halogens is 1. The van der Waals surface area contributed by atoms with Gasteiger partial charge >= 0.3 is 0 Å². The molecule has 1 aromatic rings. The summed E-state index contributed by atoms with van der Waals surface area (Å²) >= 11 is 0. The molecule has 0 bridgehead atoms. The molecule has 0 radical (unpaired) electrons. The molecule has 0 unspecified atom stereocenters. The number of amides is 2. The van der Waals surface area contributed by atoms with Gasteiger partial charge in [0, 0.05) is 12.8 Å². The number of aliphatic hydroxyl groups excluding tert-OH is 1. The highest BCUT2D eigenvalue weighted by Gasteiger charge is 2.27. The maximum absolute atomic E-state index is 13.5. The van der Waals surface area contributed by atoms with Gasteiger partial charge in [-0.3, -0.25) is 14.5 Å². The largest absolute Gasteiger partial charge is 0.384 e. The Morgan fingerprint density at radius 1 is 1.26 bits per heavy atom. The Labute approximate surface area is 109 Å². The van der Waals surface area contributed by atoms with E-state index < -0.39 is 5.82 Å². The van der Waals surface area contributed by atoms with Gasteiger partial charge in [0.1, 0.15) is 12.4 Å². The summed E-state index contributed by atoms with van der Waals surface area (Å²) in [6.45, 7) is -0.384. The average Bonchev–Trinajstić information content (AvgIpc) is 2.39. The van der Waals surface area contributed by atoms with E-state index in [1.165, 1.54) is 12.1 Å². The van der Waals surface area contributed by atoms with Crippen molar-refractivity contribution in [3.05, 3.63) is 29.6 Å². The fraction of sp³-hybridized carbons (Fsp3) is 0.286. The number of imide groups is 1. The van der Waals surface area contributed by atoms with Crippen molar-refractivity contribution in [2.24, 2.45) is 0 Å². The van der Waals surface area contributed by atoms with E-state index in [1.807, 2.05) is 0 Å². The van der Waals surface area contributed by atoms with Crippen LogP contribution in [0.5, 0.6) is 0 Å². The second-order valence-corrected chi connectivity index (χ2v) is 4.10. The van der Waals surface area contributed by atoms with E-state index in [-0.39, 0.29) is 24.0 Å². The van der Waals surface area contributed by atoms with Gasteiger partial charge in [-0.05, 0) is 24.6 Å². The number of nitrogens with zero attached hydrogens (tertiary/aromatic N) is 1. The maximum Gasteiger partial charge on any atom is 0.233 e. The van der Waals surface area contributed by atoms with Crippen LogP contribution in [0.1, 0.15) is 24.8 Å². The first-order valence-electron chi connectivity index (χ1n) is 5.88. The fourth-order valence-corrected chi connectivity index (χ4v) is 1.92. The van der Waals surface area contributed by atoms with Crippen molar-refractivity contribution in [1.82, 2.24) is 0 Å². The van der Waals surface area contributed by atoms with E-state index >= 15 is 0 Å². The number of hydrogen-bond donors (Lipinski definition) is 1. The predicted octanol–water partition coefficient (Wildman–Crippen LogP) is 1.21. The van der Waals surface area contributed by atoms with Crippen LogP contribution in [-0.2, 0) is 9.59 Å². The highest BCUT2D eigenvalue weighted by molar-refractivity contribution is 6.16. The van der Waals surface area contributed by atoms with Gasteiger partial charge in [0.2, 0.25) is 11.8 Å². The zero-order chi connectivity index (χ0) is 13.8. The Morgan fingerprint density at radius 3 is 2.58 bits per heavy atom. The first-order chi connectivity index (χ1) is 9.13. The molecule has 0 aliphatic carbocycles. The average molecular weight is 261 g/mol. The molecule has 2 amide bonds. The quantitative estimate of drug-likeness (QED) is 0.610. The van der Waals surface area contributed by atoms with E-state index in [2.05, 4.69) is 11.8 Å². The SMILES string of the molecule is O=C1CCCC(=O)N1c1ccc(F)c(C#CCO)c1. The fourth-order valence-electron chi connectivity index (χ4n) is 1.92. The Morgan fingerprint density at radius 2 is 1.95 bits per heavy atom. The zero-order valence-electron chi connectivity index (χ0n) is 10.1. The standard InChI is InChI=1S/C14H12FNO3/c15-12-7-6-11(9-10(12)3-2-8-17)16-13(18)4-1-5-14(16)19/h6-7,9,17H,1,4-5,8H2. The van der Waals surface area contributed by atoms with Gasteiger partial charge in [-0.15, -0.1) is 0 Å². The second kappa shape index (κ2) is 5.63. The molecule has 5 heteroatoms. The van der Waals surface area contributed by atoms with Crippen molar-refractivity contribution in [2.45, 2.75) is 19.3 Å². The maximum atomic E-state index is 13.5. The number of carbonyl (C=O) groups excluding carboxylic acids is 2. The van der Waals surface area contributed by atoms with Crippen LogP contribution in [0.15, 0.2) is 18.2 Å². The minimum Gasteiger partial charge on any atom is -0.384 e. The molecule has 1 saturated heterocycles. The number of rotatable bonds is 1. The molecule has 1 heterocycles. The third kappa shape index (κ3) is 2.80. The van der Waals surface area contributed by atoms with Crippen LogP contribution in [0.2, 0.25) is 0 Å². The number of piperidine rings is 1. The molecular weight excluding hydrogens is 249 g/mol. The van der Waals surface area contributed by atoms with Crippen LogP contribution in [-0.4, -0.2) is 23.5 Å². The summed E-state index contributed by atoms with van der Waals surface area (Å²) in [5.74, 6) is 3.65. The van der Waals surface area contributed by atoms with E-state index in [0.29, 0.717) is 24.9 Å². The minimum absolute atomic E-state index is 0.0534. The summed E-state index contributed by atoms with van der Waals surface area (Å²) in [4.78, 5) is 24.6. The molecule has 4 nitrogen and oxygen atoms in total. The van der Waals surface area contributed by atoms with Crippen molar-refractivity contribution in [3.8, 4) is 11.8 Å². The van der Waals surface area contributed by atoms with Gasteiger partial charge in [0.05, 0.1) is 11.3 Å². The summed E-state index contributed by atoms with van der Waals surface area (Å²) in [6, 6.07) is 3.88. The van der Waals surface area contributed by atoms with Crippen LogP contribution in [0.25, 0.3) is 0 Å². The number of carbonyl (C=O) groups is 2. The Bertz CT molecular complexity index is 570. The summed E-state index contributed by atoms with van der Waals surface area (Å²) in [6.07, 6.45) is 1.16. The molecule has 1 aromatic carbocycles. The van der Waals surface area contributed by atoms with Gasteiger partial charge in [0.15, 0.2) is 0 Å². The van der Waals surface area contributed by atoms with Gasteiger partial charge in [-0.2, -0.15) is 0 Å². The first-order valence-corrected chi connectivity index (χ1v) is 5.88. The lowest BCUT2D eigenvalue weighted by molar-refractivity contribution is -0.129. The summed E-state index contributed by atoms with van der Waals surface area (Å²) in [5.41, 5.74) is 0.371. The third-order valence-electron chi connectivity index (χ3n) is 2.79. The normalized spacial score (nSPS) is 15.2. The molecule has 0 spiro atoms. The molecular formula is C14H12FNO3. The molecule has 0 saturated carbocycles. The van der Waals surface area contributed by atoms with Gasteiger partial charge < -0.3 is 5.11 Å². The molecule has 2 rings (SSSR count). The third-order valence-corrected chi connectivity index (χ3v) is 2.79. The lowest BCUT2D eigenvalue weighted by atomic mass is 10.1. The topological polar surface area (TPSA) is 57.6 Å². The van der Waals surface area contributed by atoms with E-state index in [9.17, 15) is 14.0 Å². The van der Waals surface area contributed by atoms with Crippen molar-refractivity contribution in [1.29, 1.82) is 0 Å². The summed E-state index contributed by atoms with van der Waals surface area (Å²) in [7, 11) is 0. The van der Waals surface area contributed by atoms with E-state index in [0.717, 1.165) is 11.0 Å². The van der Waals surface area contributed by atoms with E-state index in [4.69, 9.17) is 5.11 Å². The molecule has 1 fully saturated rings. The summed E-state index contributed by atoms with van der Waals surface area (Å²) < 4.78 is 13.5. The van der Waals surface area contributed by atoms with Crippen molar-refractivity contribution in [3.63, 3.8) is 0 Å². The van der Waals surface area contributed by atoms with Crippen molar-refractivity contribution < 1.29 is 19.1 Å². The lowest BCUT2D eigenvalue weighted by Gasteiger charge is -2.25. The zero-order valence-corrected chi connectivity index (χ0v) is 10.1. The Kier molecular flexibility index (Phi) is 3.93. The second-order valence-electron chi connectivity index (χ2n) is 4.10. The molecule has 1 aliphatic heterocycles. The van der Waals surface area contributed by atoms with Crippen LogP contribution >= 0.6 is 0 Å². The lowest BCUT2D eigenvalue weighted by Crippen LogP contribution is -2.40. The molecule has 0 atom stereocenters. The van der Waals surface area contributed by atoms with Crippen LogP contribution in [0.3, 0.4) is 0 Å². The minimum atomic E-state index is -0.554. The monoisotopic (exact) mass is 261 g/mol. The Hall–Kier alpha value is -2.19. The number of benzene rings is 1. The predicted molar refractivity (Wildman–Crippen MR) is 66.7 cm³/mol. The molecule has 0 aromatic heterocycles. The smallest absolute Gasteiger partial charge is 0.233 e.